The normalized spacial score (nSPS) is 11.3. The maximum Gasteiger partial charge on any atom is 0.240 e. The van der Waals surface area contributed by atoms with Crippen molar-refractivity contribution < 1.29 is 22.3 Å². The second kappa shape index (κ2) is 8.32. The molecule has 0 unspecified atom stereocenters. The average molecular weight is 374 g/mol. The quantitative estimate of drug-likeness (QED) is 0.721. The van der Waals surface area contributed by atoms with E-state index in [2.05, 4.69) is 4.72 Å². The summed E-state index contributed by atoms with van der Waals surface area (Å²) in [6, 6.07) is 9.83. The number of rotatable bonds is 8. The highest BCUT2D eigenvalue weighted by molar-refractivity contribution is 7.89. The van der Waals surface area contributed by atoms with Crippen molar-refractivity contribution in [3.8, 4) is 11.5 Å². The molecule has 0 amide bonds. The predicted molar refractivity (Wildman–Crippen MR) is 89.7 cm³/mol. The zero-order valence-electron chi connectivity index (χ0n) is 13.0. The number of ether oxygens (including phenoxy) is 2. The Kier molecular flexibility index (Phi) is 6.42. The Bertz CT molecular complexity index is 781. The second-order valence-electron chi connectivity index (χ2n) is 4.73. The van der Waals surface area contributed by atoms with E-state index in [0.29, 0.717) is 18.1 Å². The van der Waals surface area contributed by atoms with Crippen molar-refractivity contribution in [3.05, 3.63) is 53.3 Å². The van der Waals surface area contributed by atoms with E-state index in [1.807, 2.05) is 6.92 Å². The van der Waals surface area contributed by atoms with Gasteiger partial charge in [0, 0.05) is 6.54 Å². The first-order valence-corrected chi connectivity index (χ1v) is 9.09. The minimum Gasteiger partial charge on any atom is -0.494 e. The van der Waals surface area contributed by atoms with Crippen molar-refractivity contribution in [2.45, 2.75) is 11.8 Å². The molecule has 130 valence electrons. The molecule has 0 fully saturated rings. The number of hydrogen-bond acceptors (Lipinski definition) is 4. The summed E-state index contributed by atoms with van der Waals surface area (Å²) in [7, 11) is -3.64. The molecule has 0 aliphatic heterocycles. The zero-order chi connectivity index (χ0) is 17.6. The number of hydrogen-bond donors (Lipinski definition) is 1. The molecular weight excluding hydrogens is 357 g/mol. The van der Waals surface area contributed by atoms with Gasteiger partial charge in [-0.05, 0) is 49.4 Å². The fourth-order valence-corrected chi connectivity index (χ4v) is 3.13. The molecule has 2 aromatic rings. The summed E-state index contributed by atoms with van der Waals surface area (Å²) in [6.45, 7) is 2.46. The van der Waals surface area contributed by atoms with Crippen LogP contribution in [-0.2, 0) is 10.0 Å². The standard InChI is InChI=1S/C16H17ClFNO4S/c1-2-22-13-4-6-14(7-5-13)24(20,21)19-9-10-23-16-8-3-12(18)11-15(16)17/h3-8,11,19H,2,9-10H2,1H3. The van der Waals surface area contributed by atoms with E-state index in [9.17, 15) is 12.8 Å². The molecule has 0 saturated heterocycles. The van der Waals surface area contributed by atoms with E-state index in [1.54, 1.807) is 12.1 Å². The minimum absolute atomic E-state index is 0.0449. The third-order valence-electron chi connectivity index (χ3n) is 2.99. The summed E-state index contributed by atoms with van der Waals surface area (Å²) in [5.74, 6) is 0.424. The zero-order valence-corrected chi connectivity index (χ0v) is 14.5. The first kappa shape index (κ1) is 18.5. The molecular formula is C16H17ClFNO4S. The Labute approximate surface area is 145 Å². The fourth-order valence-electron chi connectivity index (χ4n) is 1.89. The molecule has 1 N–H and O–H groups in total. The van der Waals surface area contributed by atoms with Crippen LogP contribution in [0.2, 0.25) is 5.02 Å². The van der Waals surface area contributed by atoms with Gasteiger partial charge in [-0.2, -0.15) is 0 Å². The van der Waals surface area contributed by atoms with E-state index >= 15 is 0 Å². The third kappa shape index (κ3) is 5.09. The minimum atomic E-state index is -3.64. The molecule has 5 nitrogen and oxygen atoms in total. The highest BCUT2D eigenvalue weighted by Gasteiger charge is 2.13. The summed E-state index contributed by atoms with van der Waals surface area (Å²) < 4.78 is 50.2. The van der Waals surface area contributed by atoms with Crippen molar-refractivity contribution in [3.63, 3.8) is 0 Å². The molecule has 0 atom stereocenters. The van der Waals surface area contributed by atoms with Gasteiger partial charge in [0.05, 0.1) is 16.5 Å². The molecule has 0 saturated carbocycles. The highest BCUT2D eigenvalue weighted by Crippen LogP contribution is 2.24. The van der Waals surface area contributed by atoms with Crippen LogP contribution in [0.1, 0.15) is 6.92 Å². The van der Waals surface area contributed by atoms with Crippen LogP contribution in [0.25, 0.3) is 0 Å². The smallest absolute Gasteiger partial charge is 0.240 e. The lowest BCUT2D eigenvalue weighted by Crippen LogP contribution is -2.28. The van der Waals surface area contributed by atoms with Crippen molar-refractivity contribution in [1.29, 1.82) is 0 Å². The fraction of sp³-hybridized carbons (Fsp3) is 0.250. The Morgan fingerprint density at radius 1 is 1.12 bits per heavy atom. The molecule has 24 heavy (non-hydrogen) atoms. The largest absolute Gasteiger partial charge is 0.494 e. The Hall–Kier alpha value is -1.83. The van der Waals surface area contributed by atoms with Gasteiger partial charge < -0.3 is 9.47 Å². The van der Waals surface area contributed by atoms with E-state index in [0.717, 1.165) is 6.07 Å². The monoisotopic (exact) mass is 373 g/mol. The van der Waals surface area contributed by atoms with Gasteiger partial charge in [-0.3, -0.25) is 0 Å². The van der Waals surface area contributed by atoms with Crippen LogP contribution in [0.5, 0.6) is 11.5 Å². The van der Waals surface area contributed by atoms with Gasteiger partial charge in [-0.15, -0.1) is 0 Å². The summed E-state index contributed by atoms with van der Waals surface area (Å²) in [4.78, 5) is 0.130. The molecule has 2 rings (SSSR count). The number of nitrogens with one attached hydrogen (secondary N) is 1. The average Bonchev–Trinajstić information content (AvgIpc) is 2.54. The first-order chi connectivity index (χ1) is 11.4. The lowest BCUT2D eigenvalue weighted by molar-refractivity contribution is 0.322. The summed E-state index contributed by atoms with van der Waals surface area (Å²) in [6.07, 6.45) is 0. The van der Waals surface area contributed by atoms with Crippen LogP contribution in [-0.4, -0.2) is 28.2 Å². The van der Waals surface area contributed by atoms with Gasteiger partial charge in [0.1, 0.15) is 23.9 Å². The maximum absolute atomic E-state index is 12.9. The van der Waals surface area contributed by atoms with E-state index in [4.69, 9.17) is 21.1 Å². The van der Waals surface area contributed by atoms with Crippen LogP contribution in [0.4, 0.5) is 4.39 Å². The van der Waals surface area contributed by atoms with Gasteiger partial charge >= 0.3 is 0 Å². The lowest BCUT2D eigenvalue weighted by atomic mass is 10.3. The van der Waals surface area contributed by atoms with Crippen LogP contribution < -0.4 is 14.2 Å². The number of halogens is 2. The van der Waals surface area contributed by atoms with Crippen LogP contribution in [0.15, 0.2) is 47.4 Å². The Morgan fingerprint density at radius 3 is 2.46 bits per heavy atom. The topological polar surface area (TPSA) is 64.6 Å². The lowest BCUT2D eigenvalue weighted by Gasteiger charge is -2.10. The maximum atomic E-state index is 12.9. The molecule has 0 spiro atoms. The highest BCUT2D eigenvalue weighted by atomic mass is 35.5. The second-order valence-corrected chi connectivity index (χ2v) is 6.90. The van der Waals surface area contributed by atoms with Gasteiger partial charge in [0.25, 0.3) is 0 Å². The molecule has 0 bridgehead atoms. The van der Waals surface area contributed by atoms with Crippen molar-refractivity contribution in [2.75, 3.05) is 19.8 Å². The van der Waals surface area contributed by atoms with Gasteiger partial charge in [-0.25, -0.2) is 17.5 Å². The van der Waals surface area contributed by atoms with Gasteiger partial charge in [0.15, 0.2) is 0 Å². The molecule has 2 aromatic carbocycles. The molecule has 0 aromatic heterocycles. The molecule has 8 heteroatoms. The molecule has 0 aliphatic rings. The Balaban J connectivity index is 1.88. The van der Waals surface area contributed by atoms with Gasteiger partial charge in [0.2, 0.25) is 10.0 Å². The summed E-state index contributed by atoms with van der Waals surface area (Å²) in [5, 5.41) is 0.129. The molecule has 0 heterocycles. The van der Waals surface area contributed by atoms with Crippen molar-refractivity contribution in [2.24, 2.45) is 0 Å². The van der Waals surface area contributed by atoms with Crippen LogP contribution in [0.3, 0.4) is 0 Å². The summed E-state index contributed by atoms with van der Waals surface area (Å²) >= 11 is 5.82. The summed E-state index contributed by atoms with van der Waals surface area (Å²) in [5.41, 5.74) is 0. The van der Waals surface area contributed by atoms with Crippen molar-refractivity contribution in [1.82, 2.24) is 4.72 Å². The van der Waals surface area contributed by atoms with Crippen LogP contribution in [0, 0.1) is 5.82 Å². The first-order valence-electron chi connectivity index (χ1n) is 7.23. The molecule has 0 aliphatic carbocycles. The van der Waals surface area contributed by atoms with E-state index < -0.39 is 15.8 Å². The predicted octanol–water partition coefficient (Wildman–Crippen LogP) is 3.24. The van der Waals surface area contributed by atoms with Gasteiger partial charge in [-0.1, -0.05) is 11.6 Å². The number of sulfonamides is 1. The van der Waals surface area contributed by atoms with E-state index in [-0.39, 0.29) is 23.1 Å². The third-order valence-corrected chi connectivity index (χ3v) is 4.76. The number of benzene rings is 2. The SMILES string of the molecule is CCOc1ccc(S(=O)(=O)NCCOc2ccc(F)cc2Cl)cc1. The molecule has 0 radical (unpaired) electrons. The van der Waals surface area contributed by atoms with Crippen LogP contribution >= 0.6 is 11.6 Å². The Morgan fingerprint density at radius 2 is 1.83 bits per heavy atom. The van der Waals surface area contributed by atoms with Crippen molar-refractivity contribution >= 4 is 21.6 Å². The van der Waals surface area contributed by atoms with E-state index in [1.165, 1.54) is 24.3 Å².